The number of ether oxygens (including phenoxy) is 4. The van der Waals surface area contributed by atoms with Crippen LogP contribution in [-0.4, -0.2) is 43.6 Å². The van der Waals surface area contributed by atoms with Crippen molar-refractivity contribution in [2.45, 2.75) is 23.2 Å². The van der Waals surface area contributed by atoms with E-state index in [4.69, 9.17) is 18.9 Å². The van der Waals surface area contributed by atoms with E-state index < -0.39 is 35.1 Å². The van der Waals surface area contributed by atoms with E-state index >= 15 is 0 Å². The summed E-state index contributed by atoms with van der Waals surface area (Å²) < 4.78 is 22.6. The summed E-state index contributed by atoms with van der Waals surface area (Å²) in [6, 6.07) is 21.0. The van der Waals surface area contributed by atoms with E-state index in [0.29, 0.717) is 16.9 Å². The van der Waals surface area contributed by atoms with Gasteiger partial charge in [-0.05, 0) is 35.4 Å². The van der Waals surface area contributed by atoms with Gasteiger partial charge in [-0.25, -0.2) is 0 Å². The monoisotopic (exact) mass is 487 g/mol. The van der Waals surface area contributed by atoms with E-state index in [1.165, 1.54) is 26.4 Å². The SMILES string of the molecule is COC(=O)[C@H]1[C@@H](O)[C@@]2(O)c3c(OC)cc(C#N)cc3O[C@@]2(c2ccc(OC)cc2)[C@@H]1c1ccccc1. The Morgan fingerprint density at radius 2 is 1.72 bits per heavy atom. The highest BCUT2D eigenvalue weighted by atomic mass is 16.5. The van der Waals surface area contributed by atoms with Gasteiger partial charge >= 0.3 is 5.97 Å². The van der Waals surface area contributed by atoms with Gasteiger partial charge in [-0.2, -0.15) is 5.26 Å². The Hall–Kier alpha value is -4.06. The first-order chi connectivity index (χ1) is 17.4. The van der Waals surface area contributed by atoms with Gasteiger partial charge in [0.25, 0.3) is 0 Å². The number of aliphatic hydroxyl groups is 2. The van der Waals surface area contributed by atoms with Crippen LogP contribution in [0.2, 0.25) is 0 Å². The second-order valence-electron chi connectivity index (χ2n) is 8.88. The largest absolute Gasteiger partial charge is 0.497 e. The lowest BCUT2D eigenvalue weighted by Gasteiger charge is -2.40. The Bertz CT molecular complexity index is 1350. The summed E-state index contributed by atoms with van der Waals surface area (Å²) in [4.78, 5) is 13.2. The van der Waals surface area contributed by atoms with Crippen molar-refractivity contribution < 1.29 is 34.0 Å². The Balaban J connectivity index is 1.89. The average Bonchev–Trinajstić information content (AvgIpc) is 3.30. The van der Waals surface area contributed by atoms with Crippen LogP contribution in [-0.2, 0) is 20.7 Å². The van der Waals surface area contributed by atoms with Crippen molar-refractivity contribution in [3.05, 3.63) is 89.0 Å². The zero-order valence-electron chi connectivity index (χ0n) is 20.0. The molecule has 0 spiro atoms. The van der Waals surface area contributed by atoms with Crippen LogP contribution in [0.4, 0.5) is 0 Å². The van der Waals surface area contributed by atoms with Crippen molar-refractivity contribution in [1.82, 2.24) is 0 Å². The van der Waals surface area contributed by atoms with Gasteiger partial charge in [0.15, 0.2) is 11.2 Å². The molecule has 1 aliphatic heterocycles. The van der Waals surface area contributed by atoms with Gasteiger partial charge in [0.2, 0.25) is 0 Å². The lowest BCUT2D eigenvalue weighted by molar-refractivity contribution is -0.161. The number of nitriles is 1. The predicted octanol–water partition coefficient (Wildman–Crippen LogP) is 3.00. The Morgan fingerprint density at radius 1 is 1.03 bits per heavy atom. The molecule has 3 aromatic carbocycles. The van der Waals surface area contributed by atoms with Gasteiger partial charge in [0, 0.05) is 5.92 Å². The molecule has 1 saturated carbocycles. The number of rotatable bonds is 5. The molecule has 0 aromatic heterocycles. The molecule has 5 atom stereocenters. The van der Waals surface area contributed by atoms with Crippen molar-refractivity contribution in [2.24, 2.45) is 5.92 Å². The zero-order chi connectivity index (χ0) is 25.7. The predicted molar refractivity (Wildman–Crippen MR) is 128 cm³/mol. The minimum atomic E-state index is -2.14. The Kier molecular flexibility index (Phi) is 5.62. The van der Waals surface area contributed by atoms with Crippen LogP contribution in [0.25, 0.3) is 0 Å². The quantitative estimate of drug-likeness (QED) is 0.528. The van der Waals surface area contributed by atoms with Gasteiger partial charge in [0.1, 0.15) is 23.4 Å². The van der Waals surface area contributed by atoms with Crippen LogP contribution < -0.4 is 14.2 Å². The van der Waals surface area contributed by atoms with E-state index in [-0.39, 0.29) is 22.6 Å². The third kappa shape index (κ3) is 2.97. The molecule has 5 rings (SSSR count). The number of aliphatic hydroxyl groups excluding tert-OH is 1. The van der Waals surface area contributed by atoms with Crippen molar-refractivity contribution in [1.29, 1.82) is 5.26 Å². The first-order valence-corrected chi connectivity index (χ1v) is 11.4. The summed E-state index contributed by atoms with van der Waals surface area (Å²) in [5.74, 6) is -1.81. The lowest BCUT2D eigenvalue weighted by atomic mass is 9.70. The smallest absolute Gasteiger partial charge is 0.312 e. The third-order valence-corrected chi connectivity index (χ3v) is 7.35. The molecule has 0 amide bonds. The molecule has 1 heterocycles. The van der Waals surface area contributed by atoms with Crippen LogP contribution in [0.5, 0.6) is 17.2 Å². The number of benzene rings is 3. The maximum atomic E-state index is 13.2. The van der Waals surface area contributed by atoms with E-state index in [2.05, 4.69) is 6.07 Å². The molecular weight excluding hydrogens is 462 g/mol. The van der Waals surface area contributed by atoms with Crippen molar-refractivity contribution in [3.8, 4) is 23.3 Å². The molecule has 0 saturated heterocycles. The molecule has 0 unspecified atom stereocenters. The fraction of sp³-hybridized carbons (Fsp3) is 0.286. The highest BCUT2D eigenvalue weighted by Crippen LogP contribution is 2.70. The van der Waals surface area contributed by atoms with Crippen LogP contribution in [0.15, 0.2) is 66.7 Å². The van der Waals surface area contributed by atoms with Crippen molar-refractivity contribution in [3.63, 3.8) is 0 Å². The summed E-state index contributed by atoms with van der Waals surface area (Å²) >= 11 is 0. The molecule has 1 fully saturated rings. The number of hydrogen-bond donors (Lipinski definition) is 2. The number of carbonyl (C=O) groups excluding carboxylic acids is 1. The number of fused-ring (bicyclic) bond motifs is 3. The zero-order valence-corrected chi connectivity index (χ0v) is 20.0. The van der Waals surface area contributed by atoms with Gasteiger partial charge in [-0.15, -0.1) is 0 Å². The topological polar surface area (TPSA) is 118 Å². The van der Waals surface area contributed by atoms with Crippen molar-refractivity contribution in [2.75, 3.05) is 21.3 Å². The van der Waals surface area contributed by atoms with Crippen LogP contribution in [0.1, 0.15) is 28.2 Å². The summed E-state index contributed by atoms with van der Waals surface area (Å²) in [5.41, 5.74) is -2.24. The molecule has 184 valence electrons. The van der Waals surface area contributed by atoms with E-state index in [1.54, 1.807) is 31.4 Å². The molecule has 0 radical (unpaired) electrons. The number of hydrogen-bond acceptors (Lipinski definition) is 8. The van der Waals surface area contributed by atoms with Gasteiger partial charge in [-0.1, -0.05) is 42.5 Å². The molecule has 1 aliphatic carbocycles. The van der Waals surface area contributed by atoms with Gasteiger partial charge < -0.3 is 29.2 Å². The average molecular weight is 488 g/mol. The number of nitrogens with zero attached hydrogens (tertiary/aromatic N) is 1. The van der Waals surface area contributed by atoms with Crippen LogP contribution in [0.3, 0.4) is 0 Å². The summed E-state index contributed by atoms with van der Waals surface area (Å²) in [6.07, 6.45) is -1.64. The first-order valence-electron chi connectivity index (χ1n) is 11.4. The Morgan fingerprint density at radius 3 is 2.31 bits per heavy atom. The molecule has 8 nitrogen and oxygen atoms in total. The summed E-state index contributed by atoms with van der Waals surface area (Å²) in [7, 11) is 4.18. The molecule has 36 heavy (non-hydrogen) atoms. The van der Waals surface area contributed by atoms with Gasteiger partial charge in [-0.3, -0.25) is 4.79 Å². The second-order valence-corrected chi connectivity index (χ2v) is 8.88. The molecule has 2 aliphatic rings. The van der Waals surface area contributed by atoms with Crippen molar-refractivity contribution >= 4 is 5.97 Å². The second kappa shape index (κ2) is 8.55. The number of esters is 1. The Labute approximate surface area is 208 Å². The molecule has 8 heteroatoms. The first kappa shape index (κ1) is 23.7. The number of carbonyl (C=O) groups is 1. The van der Waals surface area contributed by atoms with Crippen LogP contribution >= 0.6 is 0 Å². The lowest BCUT2D eigenvalue weighted by Crippen LogP contribution is -2.52. The minimum absolute atomic E-state index is 0.165. The van der Waals surface area contributed by atoms with Gasteiger partial charge in [0.05, 0.1) is 44.4 Å². The fourth-order valence-corrected chi connectivity index (χ4v) is 5.87. The molecular formula is C28H25NO7. The van der Waals surface area contributed by atoms with E-state index in [0.717, 1.165) is 0 Å². The molecule has 2 N–H and O–H groups in total. The van der Waals surface area contributed by atoms with E-state index in [9.17, 15) is 20.3 Å². The fourth-order valence-electron chi connectivity index (χ4n) is 5.87. The molecule has 3 aromatic rings. The summed E-state index contributed by atoms with van der Waals surface area (Å²) in [6.45, 7) is 0. The third-order valence-electron chi connectivity index (χ3n) is 7.35. The standard InChI is InChI=1S/C28H25NO7/c1-33-19-11-9-18(10-12-19)28-23(17-7-5-4-6-8-17)22(26(31)35-3)25(30)27(28,32)24-20(34-2)13-16(15-29)14-21(24)36-28/h4-14,22-23,25,30,32H,1-3H3/t22-,23-,25-,27+,28+/m1/s1. The maximum absolute atomic E-state index is 13.2. The highest BCUT2D eigenvalue weighted by molar-refractivity contribution is 5.78. The summed E-state index contributed by atoms with van der Waals surface area (Å²) in [5, 5.41) is 34.0. The normalized spacial score (nSPS) is 27.8. The highest BCUT2D eigenvalue weighted by Gasteiger charge is 2.78. The minimum Gasteiger partial charge on any atom is -0.497 e. The van der Waals surface area contributed by atoms with Crippen LogP contribution in [0, 0.1) is 17.2 Å². The molecule has 0 bridgehead atoms. The van der Waals surface area contributed by atoms with E-state index in [1.807, 2.05) is 30.3 Å². The maximum Gasteiger partial charge on any atom is 0.312 e. The number of methoxy groups -OCH3 is 3.